The molecule has 0 unspecified atom stereocenters. The number of carbonyl (C=O) groups excluding carboxylic acids is 4. The van der Waals surface area contributed by atoms with Gasteiger partial charge in [-0.05, 0) is 34.1 Å². The molecule has 2 N–H and O–H groups in total. The molecule has 0 aliphatic rings. The van der Waals surface area contributed by atoms with E-state index in [2.05, 4.69) is 6.92 Å². The summed E-state index contributed by atoms with van der Waals surface area (Å²) in [6, 6.07) is 0. The number of hydrogen-bond acceptors (Lipinski definition) is 8. The topological polar surface area (TPSA) is 155 Å². The Morgan fingerprint density at radius 3 is 1.17 bits per heavy atom. The van der Waals surface area contributed by atoms with Crippen LogP contribution in [0, 0.1) is 0 Å². The molecule has 0 bridgehead atoms. The summed E-state index contributed by atoms with van der Waals surface area (Å²) >= 11 is 0. The molecule has 0 radical (unpaired) electrons. The number of aliphatic hydroxyl groups is 2. The molecule has 0 atom stereocenters. The second-order valence-electron chi connectivity index (χ2n) is 4.67. The molecule has 0 aromatic carbocycles. The number of carboxylic acids is 2. The van der Waals surface area contributed by atoms with Crippen molar-refractivity contribution in [2.24, 2.45) is 0 Å². The van der Waals surface area contributed by atoms with E-state index in [4.69, 9.17) is 10.2 Å². The van der Waals surface area contributed by atoms with Gasteiger partial charge in [0, 0.05) is 37.5 Å². The van der Waals surface area contributed by atoms with Crippen LogP contribution in [-0.4, -0.2) is 46.4 Å². The largest absolute Gasteiger partial charge is 2.00 e. The van der Waals surface area contributed by atoms with Gasteiger partial charge in [-0.25, -0.2) is 0 Å². The van der Waals surface area contributed by atoms with Crippen LogP contribution in [0.5, 0.6) is 0 Å². The number of ketones is 2. The second kappa shape index (κ2) is 26.8. The van der Waals surface area contributed by atoms with E-state index in [0.717, 1.165) is 12.8 Å². The standard InChI is InChI=1S/2C4H6O3.C4H10O.C3H8O.Ti/c2*1-3(5)2-4(6)7;1-2-3-4-5;1-3(2)4;/h2*2H2,1H3,(H,6,7);5H,2-4H2,1H3;3-4H,1-2H3;/q;;;;+2/p-2. The van der Waals surface area contributed by atoms with E-state index >= 15 is 0 Å². The van der Waals surface area contributed by atoms with Crippen molar-refractivity contribution in [2.75, 3.05) is 6.61 Å². The van der Waals surface area contributed by atoms with E-state index in [9.17, 15) is 29.4 Å². The summed E-state index contributed by atoms with van der Waals surface area (Å²) in [5.74, 6) is -3.37. The molecule has 0 spiro atoms. The summed E-state index contributed by atoms with van der Waals surface area (Å²) in [4.78, 5) is 38.6. The number of aliphatic carboxylic acids is 2. The van der Waals surface area contributed by atoms with Crippen molar-refractivity contribution in [3.63, 3.8) is 0 Å². The molecule has 0 fully saturated rings. The first kappa shape index (κ1) is 34.3. The van der Waals surface area contributed by atoms with Crippen LogP contribution in [-0.2, 0) is 40.9 Å². The fourth-order valence-electron chi connectivity index (χ4n) is 0.565. The summed E-state index contributed by atoms with van der Waals surface area (Å²) in [6.45, 7) is 8.25. The fourth-order valence-corrected chi connectivity index (χ4v) is 0.565. The quantitative estimate of drug-likeness (QED) is 0.418. The van der Waals surface area contributed by atoms with Gasteiger partial charge in [-0.15, -0.1) is 0 Å². The SMILES string of the molecule is CC(=O)CC(=O)[O-].CC(=O)CC(=O)[O-].CC(C)O.CCCCO.[Ti+2]. The maximum Gasteiger partial charge on any atom is 2.00 e. The molecule has 0 heterocycles. The van der Waals surface area contributed by atoms with Gasteiger partial charge in [0.05, 0.1) is 0 Å². The van der Waals surface area contributed by atoms with E-state index in [1.165, 1.54) is 13.8 Å². The first-order valence-electron chi connectivity index (χ1n) is 7.08. The van der Waals surface area contributed by atoms with E-state index in [1.807, 2.05) is 0 Å². The zero-order valence-electron chi connectivity index (χ0n) is 15.0. The Labute approximate surface area is 158 Å². The summed E-state index contributed by atoms with van der Waals surface area (Å²) < 4.78 is 0. The van der Waals surface area contributed by atoms with Gasteiger partial charge in [0.1, 0.15) is 11.6 Å². The van der Waals surface area contributed by atoms with Crippen molar-refractivity contribution >= 4 is 23.5 Å². The maximum absolute atomic E-state index is 9.83. The van der Waals surface area contributed by atoms with Gasteiger partial charge < -0.3 is 30.0 Å². The molecule has 0 rings (SSSR count). The maximum atomic E-state index is 9.83. The van der Waals surface area contributed by atoms with Crippen molar-refractivity contribution < 1.29 is 61.3 Å². The average molecular weight is 384 g/mol. The van der Waals surface area contributed by atoms with Crippen LogP contribution in [0.1, 0.15) is 60.3 Å². The molecular formula is C15H28O8Ti. The predicted octanol–water partition coefficient (Wildman–Crippen LogP) is -1.41. The number of aliphatic hydroxyl groups excluding tert-OH is 2. The Hall–Kier alpha value is -1.09. The minimum Gasteiger partial charge on any atom is -0.550 e. The zero-order valence-corrected chi connectivity index (χ0v) is 16.5. The Morgan fingerprint density at radius 1 is 0.917 bits per heavy atom. The van der Waals surface area contributed by atoms with Crippen LogP contribution >= 0.6 is 0 Å². The molecule has 0 saturated carbocycles. The Balaban J connectivity index is -0.0000000675. The normalized spacial score (nSPS) is 8.00. The first-order chi connectivity index (χ1) is 10.4. The third-order valence-electron chi connectivity index (χ3n) is 1.30. The van der Waals surface area contributed by atoms with E-state index in [0.29, 0.717) is 6.61 Å². The minimum atomic E-state index is -1.31. The van der Waals surface area contributed by atoms with E-state index in [-0.39, 0.29) is 39.4 Å². The van der Waals surface area contributed by atoms with Crippen LogP contribution in [0.4, 0.5) is 0 Å². The molecule has 9 heteroatoms. The molecule has 0 aromatic heterocycles. The van der Waals surface area contributed by atoms with Crippen LogP contribution < -0.4 is 10.2 Å². The molecule has 0 aliphatic carbocycles. The summed E-state index contributed by atoms with van der Waals surface area (Å²) in [5.41, 5.74) is 0. The van der Waals surface area contributed by atoms with Crippen LogP contribution in [0.3, 0.4) is 0 Å². The molecule has 8 nitrogen and oxygen atoms in total. The molecule has 140 valence electrons. The number of unbranched alkanes of at least 4 members (excludes halogenated alkanes) is 1. The molecular weight excluding hydrogens is 356 g/mol. The average Bonchev–Trinajstić information content (AvgIpc) is 2.26. The third kappa shape index (κ3) is 104. The van der Waals surface area contributed by atoms with Gasteiger partial charge >= 0.3 is 21.7 Å². The molecule has 0 saturated heterocycles. The summed E-state index contributed by atoms with van der Waals surface area (Å²) in [6.07, 6.45) is 0.927. The molecule has 0 aromatic rings. The zero-order chi connectivity index (χ0) is 19.4. The second-order valence-corrected chi connectivity index (χ2v) is 4.67. The van der Waals surface area contributed by atoms with E-state index in [1.54, 1.807) is 13.8 Å². The summed E-state index contributed by atoms with van der Waals surface area (Å²) in [7, 11) is 0. The number of Topliss-reactive ketones (excluding diaryl/α,β-unsaturated/α-hetero) is 2. The van der Waals surface area contributed by atoms with Gasteiger partial charge in [0.2, 0.25) is 0 Å². The smallest absolute Gasteiger partial charge is 0.550 e. The van der Waals surface area contributed by atoms with Gasteiger partial charge in [-0.2, -0.15) is 0 Å². The number of carbonyl (C=O) groups is 4. The van der Waals surface area contributed by atoms with Crippen LogP contribution in [0.2, 0.25) is 0 Å². The predicted molar refractivity (Wildman–Crippen MR) is 80.0 cm³/mol. The van der Waals surface area contributed by atoms with Crippen molar-refractivity contribution in [2.45, 2.75) is 66.4 Å². The summed E-state index contributed by atoms with van der Waals surface area (Å²) in [5, 5.41) is 35.1. The van der Waals surface area contributed by atoms with E-state index < -0.39 is 24.8 Å². The number of rotatable bonds is 6. The van der Waals surface area contributed by atoms with Crippen LogP contribution in [0.25, 0.3) is 0 Å². The molecule has 0 aliphatic heterocycles. The third-order valence-corrected chi connectivity index (χ3v) is 1.30. The van der Waals surface area contributed by atoms with Gasteiger partial charge in [0.15, 0.2) is 0 Å². The van der Waals surface area contributed by atoms with Crippen molar-refractivity contribution in [1.82, 2.24) is 0 Å². The van der Waals surface area contributed by atoms with Gasteiger partial charge in [0.25, 0.3) is 0 Å². The van der Waals surface area contributed by atoms with Gasteiger partial charge in [-0.3, -0.25) is 9.59 Å². The molecule has 24 heavy (non-hydrogen) atoms. The van der Waals surface area contributed by atoms with Crippen molar-refractivity contribution in [3.8, 4) is 0 Å². The fraction of sp³-hybridized carbons (Fsp3) is 0.733. The Bertz CT molecular complexity index is 275. The minimum absolute atomic E-state index is 0. The van der Waals surface area contributed by atoms with Gasteiger partial charge in [-0.1, -0.05) is 13.3 Å². The molecule has 0 amide bonds. The monoisotopic (exact) mass is 384 g/mol. The van der Waals surface area contributed by atoms with Crippen molar-refractivity contribution in [3.05, 3.63) is 0 Å². The van der Waals surface area contributed by atoms with Crippen molar-refractivity contribution in [1.29, 1.82) is 0 Å². The number of carboxylic acid groups (broad SMARTS) is 2. The first-order valence-corrected chi connectivity index (χ1v) is 7.08. The number of hydrogen-bond donors (Lipinski definition) is 2. The Morgan fingerprint density at radius 2 is 1.17 bits per heavy atom. The Kier molecular flexibility index (Phi) is 38.3. The van der Waals surface area contributed by atoms with Crippen LogP contribution in [0.15, 0.2) is 0 Å².